The van der Waals surface area contributed by atoms with Crippen molar-refractivity contribution in [2.75, 3.05) is 33.4 Å². The summed E-state index contributed by atoms with van der Waals surface area (Å²) in [7, 11) is 2.24. The highest BCUT2D eigenvalue weighted by molar-refractivity contribution is 5.72. The van der Waals surface area contributed by atoms with Crippen molar-refractivity contribution in [3.8, 4) is 0 Å². The summed E-state index contributed by atoms with van der Waals surface area (Å²) in [6.07, 6.45) is 34.3. The molecule has 0 amide bonds. The van der Waals surface area contributed by atoms with Crippen molar-refractivity contribution >= 4 is 11.9 Å². The zero-order valence-corrected chi connectivity index (χ0v) is 31.0. The van der Waals surface area contributed by atoms with Crippen LogP contribution in [0.3, 0.4) is 0 Å². The lowest BCUT2D eigenvalue weighted by atomic mass is 9.94. The number of carbonyl (C=O) groups excluding carboxylic acids is 2. The minimum absolute atomic E-state index is 0.00743. The molecule has 0 saturated heterocycles. The molecule has 0 aliphatic heterocycles. The van der Waals surface area contributed by atoms with Crippen LogP contribution in [0, 0.1) is 5.92 Å². The Morgan fingerprint density at radius 3 is 1.38 bits per heavy atom. The Kier molecular flexibility index (Phi) is 34.9. The molecule has 5 nitrogen and oxygen atoms in total. The van der Waals surface area contributed by atoms with Crippen molar-refractivity contribution in [3.63, 3.8) is 0 Å². The molecule has 0 spiro atoms. The summed E-state index contributed by atoms with van der Waals surface area (Å²) in [5.41, 5.74) is 0. The maximum absolute atomic E-state index is 12.7. The normalized spacial score (nSPS) is 12.1. The molecular weight excluding hydrogens is 558 g/mol. The molecule has 1 atom stereocenters. The number of unbranched alkanes of at least 4 members (excludes halogenated alkanes) is 21. The van der Waals surface area contributed by atoms with Gasteiger partial charge in [-0.2, -0.15) is 0 Å². The van der Waals surface area contributed by atoms with Gasteiger partial charge in [-0.1, -0.05) is 156 Å². The van der Waals surface area contributed by atoms with Gasteiger partial charge in [0.2, 0.25) is 0 Å². The number of carbonyl (C=O) groups is 2. The van der Waals surface area contributed by atoms with Crippen molar-refractivity contribution < 1.29 is 19.1 Å². The van der Waals surface area contributed by atoms with Crippen LogP contribution in [0.2, 0.25) is 0 Å². The Morgan fingerprint density at radius 2 is 0.844 bits per heavy atom. The number of ether oxygens (including phenoxy) is 2. The molecule has 1 unspecified atom stereocenters. The van der Waals surface area contributed by atoms with E-state index in [9.17, 15) is 9.59 Å². The predicted molar refractivity (Wildman–Crippen MR) is 194 cm³/mol. The molecule has 0 aromatic heterocycles. The SMILES string of the molecule is CCCCCCCCCOC(=O)CCCCCCCN(C)CCCCCCCOC(=O)C(CCCCC)CCCCCCCC. The summed E-state index contributed by atoms with van der Waals surface area (Å²) in [4.78, 5) is 27.1. The topological polar surface area (TPSA) is 55.8 Å². The second-order valence-electron chi connectivity index (χ2n) is 13.8. The zero-order chi connectivity index (χ0) is 33.1. The molecule has 0 bridgehead atoms. The number of nitrogens with zero attached hydrogens (tertiary/aromatic N) is 1. The molecule has 5 heteroatoms. The maximum Gasteiger partial charge on any atom is 0.308 e. The van der Waals surface area contributed by atoms with Gasteiger partial charge in [-0.15, -0.1) is 0 Å². The average molecular weight is 638 g/mol. The maximum atomic E-state index is 12.7. The highest BCUT2D eigenvalue weighted by Gasteiger charge is 2.19. The van der Waals surface area contributed by atoms with Crippen LogP contribution in [0.15, 0.2) is 0 Å². The second kappa shape index (κ2) is 35.7. The Bertz CT molecular complexity index is 625. The van der Waals surface area contributed by atoms with E-state index >= 15 is 0 Å². The van der Waals surface area contributed by atoms with Crippen molar-refractivity contribution in [1.82, 2.24) is 4.90 Å². The largest absolute Gasteiger partial charge is 0.466 e. The van der Waals surface area contributed by atoms with Crippen molar-refractivity contribution in [2.45, 2.75) is 207 Å². The van der Waals surface area contributed by atoms with E-state index in [2.05, 4.69) is 32.7 Å². The molecule has 0 aromatic carbocycles. The van der Waals surface area contributed by atoms with Crippen LogP contribution in [0.4, 0.5) is 0 Å². The third-order valence-corrected chi connectivity index (χ3v) is 9.26. The summed E-state index contributed by atoms with van der Waals surface area (Å²) in [6.45, 7) is 10.3. The molecule has 268 valence electrons. The predicted octanol–water partition coefficient (Wildman–Crippen LogP) is 12.0. The Hall–Kier alpha value is -1.10. The van der Waals surface area contributed by atoms with Crippen LogP contribution in [-0.4, -0.2) is 50.2 Å². The van der Waals surface area contributed by atoms with E-state index in [0.29, 0.717) is 19.6 Å². The highest BCUT2D eigenvalue weighted by atomic mass is 16.5. The molecule has 0 aromatic rings. The van der Waals surface area contributed by atoms with E-state index in [1.54, 1.807) is 0 Å². The van der Waals surface area contributed by atoms with E-state index in [-0.39, 0.29) is 17.9 Å². The first-order valence-electron chi connectivity index (χ1n) is 20.1. The molecule has 0 N–H and O–H groups in total. The molecule has 0 saturated carbocycles. The minimum Gasteiger partial charge on any atom is -0.466 e. The summed E-state index contributed by atoms with van der Waals surface area (Å²) < 4.78 is 11.1. The average Bonchev–Trinajstić information content (AvgIpc) is 3.03. The Labute approximate surface area is 281 Å². The summed E-state index contributed by atoms with van der Waals surface area (Å²) >= 11 is 0. The molecule has 0 rings (SSSR count). The van der Waals surface area contributed by atoms with Crippen LogP contribution in [0.25, 0.3) is 0 Å². The third kappa shape index (κ3) is 32.6. The van der Waals surface area contributed by atoms with E-state index in [0.717, 1.165) is 64.5 Å². The standard InChI is InChI=1S/C40H79NO4/c1-5-8-11-13-15-22-29-36-44-39(42)33-26-19-16-20-27-34-41(4)35-28-21-17-23-30-37-45-40(43)38(31-24-10-7-3)32-25-18-14-12-9-6-2/h38H,5-37H2,1-4H3. The number of hydrogen-bond donors (Lipinski definition) is 0. The fraction of sp³-hybridized carbons (Fsp3) is 0.950. The van der Waals surface area contributed by atoms with Crippen molar-refractivity contribution in [3.05, 3.63) is 0 Å². The Balaban J connectivity index is 3.63. The van der Waals surface area contributed by atoms with Gasteiger partial charge in [0, 0.05) is 6.42 Å². The second-order valence-corrected chi connectivity index (χ2v) is 13.8. The van der Waals surface area contributed by atoms with Crippen LogP contribution in [0.5, 0.6) is 0 Å². The van der Waals surface area contributed by atoms with Crippen LogP contribution in [-0.2, 0) is 19.1 Å². The van der Waals surface area contributed by atoms with Crippen LogP contribution >= 0.6 is 0 Å². The van der Waals surface area contributed by atoms with Crippen molar-refractivity contribution in [1.29, 1.82) is 0 Å². The lowest BCUT2D eigenvalue weighted by Crippen LogP contribution is -2.20. The van der Waals surface area contributed by atoms with Gasteiger partial charge in [0.15, 0.2) is 0 Å². The van der Waals surface area contributed by atoms with Crippen LogP contribution in [0.1, 0.15) is 207 Å². The number of esters is 2. The molecule has 0 fully saturated rings. The van der Waals surface area contributed by atoms with Gasteiger partial charge in [0.05, 0.1) is 19.1 Å². The lowest BCUT2D eigenvalue weighted by molar-refractivity contribution is -0.149. The molecule has 0 heterocycles. The third-order valence-electron chi connectivity index (χ3n) is 9.26. The van der Waals surface area contributed by atoms with E-state index in [1.165, 1.54) is 128 Å². The van der Waals surface area contributed by atoms with Gasteiger partial charge in [-0.05, 0) is 65.1 Å². The quantitative estimate of drug-likeness (QED) is 0.0505. The first kappa shape index (κ1) is 43.9. The Morgan fingerprint density at radius 1 is 0.467 bits per heavy atom. The summed E-state index contributed by atoms with van der Waals surface area (Å²) in [5.74, 6) is 0.177. The van der Waals surface area contributed by atoms with Crippen molar-refractivity contribution in [2.24, 2.45) is 5.92 Å². The van der Waals surface area contributed by atoms with Gasteiger partial charge in [-0.3, -0.25) is 9.59 Å². The fourth-order valence-electron chi connectivity index (χ4n) is 6.11. The molecule has 0 aliphatic carbocycles. The van der Waals surface area contributed by atoms with Gasteiger partial charge in [0.25, 0.3) is 0 Å². The molecule has 0 aliphatic rings. The monoisotopic (exact) mass is 638 g/mol. The zero-order valence-electron chi connectivity index (χ0n) is 31.0. The minimum atomic E-state index is -0.00743. The summed E-state index contributed by atoms with van der Waals surface area (Å²) in [6, 6.07) is 0. The number of rotatable bonds is 36. The van der Waals surface area contributed by atoms with E-state index in [4.69, 9.17) is 9.47 Å². The summed E-state index contributed by atoms with van der Waals surface area (Å²) in [5, 5.41) is 0. The molecular formula is C40H79NO4. The van der Waals surface area contributed by atoms with E-state index in [1.807, 2.05) is 0 Å². The molecule has 0 radical (unpaired) electrons. The first-order valence-corrected chi connectivity index (χ1v) is 20.1. The fourth-order valence-corrected chi connectivity index (χ4v) is 6.11. The van der Waals surface area contributed by atoms with E-state index < -0.39 is 0 Å². The van der Waals surface area contributed by atoms with Crippen LogP contribution < -0.4 is 0 Å². The molecule has 45 heavy (non-hydrogen) atoms. The van der Waals surface area contributed by atoms with Gasteiger partial charge in [-0.25, -0.2) is 0 Å². The highest BCUT2D eigenvalue weighted by Crippen LogP contribution is 2.20. The van der Waals surface area contributed by atoms with Gasteiger partial charge < -0.3 is 14.4 Å². The van der Waals surface area contributed by atoms with Gasteiger partial charge >= 0.3 is 11.9 Å². The smallest absolute Gasteiger partial charge is 0.308 e. The lowest BCUT2D eigenvalue weighted by Gasteiger charge is -2.17. The first-order chi connectivity index (χ1) is 22.0. The van der Waals surface area contributed by atoms with Gasteiger partial charge in [0.1, 0.15) is 0 Å². The number of hydrogen-bond acceptors (Lipinski definition) is 5.